The van der Waals surface area contributed by atoms with Crippen LogP contribution in [-0.4, -0.2) is 57.2 Å². The van der Waals surface area contributed by atoms with Gasteiger partial charge in [-0.05, 0) is 6.42 Å². The molecule has 7 nitrogen and oxygen atoms in total. The van der Waals surface area contributed by atoms with E-state index in [9.17, 15) is 15.3 Å². The summed E-state index contributed by atoms with van der Waals surface area (Å²) in [5.74, 6) is 1.08. The van der Waals surface area contributed by atoms with Crippen LogP contribution in [0, 0.1) is 0 Å². The van der Waals surface area contributed by atoms with Gasteiger partial charge in [-0.2, -0.15) is 0 Å². The molecule has 0 saturated heterocycles. The molecule has 1 rings (SSSR count). The second-order valence-electron chi connectivity index (χ2n) is 4.09. The van der Waals surface area contributed by atoms with E-state index in [1.165, 1.54) is 6.33 Å². The van der Waals surface area contributed by atoms with Crippen LogP contribution in [0.15, 0.2) is 12.4 Å². The summed E-state index contributed by atoms with van der Waals surface area (Å²) in [5, 5.41) is 33.5. The molecule has 1 aromatic heterocycles. The molecular formula is C11H20N4O3. The third kappa shape index (κ3) is 3.80. The summed E-state index contributed by atoms with van der Waals surface area (Å²) >= 11 is 0. The molecule has 0 bridgehead atoms. The zero-order valence-electron chi connectivity index (χ0n) is 10.4. The Morgan fingerprint density at radius 1 is 1.11 bits per heavy atom. The molecule has 0 amide bonds. The van der Waals surface area contributed by atoms with Gasteiger partial charge < -0.3 is 26.0 Å². The Morgan fingerprint density at radius 2 is 1.72 bits per heavy atom. The van der Waals surface area contributed by atoms with Crippen molar-refractivity contribution in [2.24, 2.45) is 0 Å². The van der Waals surface area contributed by atoms with E-state index < -0.39 is 25.4 Å². The highest BCUT2D eigenvalue weighted by Crippen LogP contribution is 2.15. The highest BCUT2D eigenvalue weighted by Gasteiger charge is 2.28. The number of aromatic nitrogens is 2. The van der Waals surface area contributed by atoms with Crippen molar-refractivity contribution in [2.45, 2.75) is 18.9 Å². The second kappa shape index (κ2) is 7.10. The summed E-state index contributed by atoms with van der Waals surface area (Å²) < 4.78 is 0. The Hall–Kier alpha value is -1.44. The summed E-state index contributed by atoms with van der Waals surface area (Å²) in [6, 6.07) is 1.66. The summed E-state index contributed by atoms with van der Waals surface area (Å²) in [4.78, 5) is 8.02. The fraction of sp³-hybridized carbons (Fsp3) is 0.636. The number of nitrogens with one attached hydrogen (secondary N) is 2. The largest absolute Gasteiger partial charge is 0.394 e. The molecule has 1 aromatic rings. The monoisotopic (exact) mass is 256 g/mol. The first kappa shape index (κ1) is 14.6. The zero-order chi connectivity index (χ0) is 13.4. The Kier molecular flexibility index (Phi) is 5.76. The van der Waals surface area contributed by atoms with Gasteiger partial charge in [-0.3, -0.25) is 0 Å². The van der Waals surface area contributed by atoms with Crippen molar-refractivity contribution >= 4 is 11.6 Å². The first-order chi connectivity index (χ1) is 8.69. The number of aliphatic hydroxyl groups excluding tert-OH is 3. The number of anilines is 2. The van der Waals surface area contributed by atoms with Gasteiger partial charge in [0.2, 0.25) is 0 Å². The van der Waals surface area contributed by atoms with E-state index in [2.05, 4.69) is 20.6 Å². The van der Waals surface area contributed by atoms with Crippen LogP contribution in [0.2, 0.25) is 0 Å². The lowest BCUT2D eigenvalue weighted by Gasteiger charge is -2.29. The summed E-state index contributed by atoms with van der Waals surface area (Å²) in [6.07, 6.45) is 2.35. The van der Waals surface area contributed by atoms with Gasteiger partial charge >= 0.3 is 0 Å². The molecular weight excluding hydrogens is 236 g/mol. The highest BCUT2D eigenvalue weighted by atomic mass is 16.3. The number of aliphatic hydroxyl groups is 3. The molecule has 0 saturated carbocycles. The molecule has 0 spiro atoms. The fourth-order valence-electron chi connectivity index (χ4n) is 1.32. The quantitative estimate of drug-likeness (QED) is 0.423. The van der Waals surface area contributed by atoms with Crippen LogP contribution in [0.25, 0.3) is 0 Å². The van der Waals surface area contributed by atoms with Crippen LogP contribution in [0.4, 0.5) is 11.6 Å². The van der Waals surface area contributed by atoms with Gasteiger partial charge in [-0.1, -0.05) is 6.92 Å². The van der Waals surface area contributed by atoms with E-state index in [4.69, 9.17) is 0 Å². The van der Waals surface area contributed by atoms with Gasteiger partial charge in [0.25, 0.3) is 0 Å². The number of rotatable bonds is 8. The van der Waals surface area contributed by atoms with Crippen LogP contribution >= 0.6 is 0 Å². The molecule has 0 unspecified atom stereocenters. The van der Waals surface area contributed by atoms with Gasteiger partial charge in [0.15, 0.2) is 0 Å². The first-order valence-corrected chi connectivity index (χ1v) is 5.86. The lowest BCUT2D eigenvalue weighted by molar-refractivity contribution is 0.0831. The summed E-state index contributed by atoms with van der Waals surface area (Å²) in [7, 11) is 0. The minimum atomic E-state index is -1.18. The van der Waals surface area contributed by atoms with Crippen molar-refractivity contribution < 1.29 is 15.3 Å². The van der Waals surface area contributed by atoms with E-state index in [0.29, 0.717) is 11.6 Å². The minimum Gasteiger partial charge on any atom is -0.394 e. The third-order valence-corrected chi connectivity index (χ3v) is 2.52. The topological polar surface area (TPSA) is 111 Å². The van der Waals surface area contributed by atoms with E-state index in [0.717, 1.165) is 13.0 Å². The maximum atomic E-state index is 9.21. The number of hydrogen-bond donors (Lipinski definition) is 5. The smallest absolute Gasteiger partial charge is 0.132 e. The van der Waals surface area contributed by atoms with Crippen molar-refractivity contribution in [1.29, 1.82) is 0 Å². The Labute approximate surface area is 106 Å². The van der Waals surface area contributed by atoms with Crippen molar-refractivity contribution in [2.75, 3.05) is 37.0 Å². The van der Waals surface area contributed by atoms with Gasteiger partial charge in [0, 0.05) is 12.6 Å². The zero-order valence-corrected chi connectivity index (χ0v) is 10.4. The molecule has 0 aliphatic rings. The molecule has 0 radical (unpaired) electrons. The molecule has 0 aliphatic heterocycles. The van der Waals surface area contributed by atoms with E-state index >= 15 is 0 Å². The van der Waals surface area contributed by atoms with E-state index in [-0.39, 0.29) is 0 Å². The molecule has 0 aliphatic carbocycles. The van der Waals surface area contributed by atoms with Crippen molar-refractivity contribution in [3.63, 3.8) is 0 Å². The van der Waals surface area contributed by atoms with Crippen LogP contribution in [0.1, 0.15) is 13.3 Å². The van der Waals surface area contributed by atoms with Crippen molar-refractivity contribution in [1.82, 2.24) is 9.97 Å². The summed E-state index contributed by atoms with van der Waals surface area (Å²) in [6.45, 7) is 1.63. The lowest BCUT2D eigenvalue weighted by Crippen LogP contribution is -2.49. The van der Waals surface area contributed by atoms with Crippen LogP contribution in [0.5, 0.6) is 0 Å². The Bertz CT molecular complexity index is 350. The molecule has 102 valence electrons. The molecule has 0 fully saturated rings. The molecule has 1 heterocycles. The number of hydrogen-bond acceptors (Lipinski definition) is 7. The minimum absolute atomic E-state index is 0.401. The average molecular weight is 256 g/mol. The normalized spacial score (nSPS) is 11.3. The van der Waals surface area contributed by atoms with Crippen molar-refractivity contribution in [3.05, 3.63) is 12.4 Å². The average Bonchev–Trinajstić information content (AvgIpc) is 2.43. The maximum absolute atomic E-state index is 9.21. The van der Waals surface area contributed by atoms with Gasteiger partial charge in [-0.25, -0.2) is 9.97 Å². The maximum Gasteiger partial charge on any atom is 0.132 e. The molecule has 5 N–H and O–H groups in total. The SMILES string of the molecule is CCCNc1cc(NC(CO)(CO)CO)ncn1. The molecule has 0 atom stereocenters. The van der Waals surface area contributed by atoms with E-state index in [1.54, 1.807) is 6.07 Å². The standard InChI is InChI=1S/C11H20N4O3/c1-2-3-12-9-4-10(14-8-13-9)15-11(5-16,6-17)7-18/h4,8,16-18H,2-3,5-7H2,1H3,(H2,12,13,14,15). The Morgan fingerprint density at radius 3 is 2.28 bits per heavy atom. The molecule has 18 heavy (non-hydrogen) atoms. The first-order valence-electron chi connectivity index (χ1n) is 5.86. The third-order valence-electron chi connectivity index (χ3n) is 2.52. The van der Waals surface area contributed by atoms with Crippen LogP contribution in [-0.2, 0) is 0 Å². The van der Waals surface area contributed by atoms with Crippen LogP contribution < -0.4 is 10.6 Å². The number of nitrogens with zero attached hydrogens (tertiary/aromatic N) is 2. The second-order valence-corrected chi connectivity index (χ2v) is 4.09. The van der Waals surface area contributed by atoms with Gasteiger partial charge in [0.1, 0.15) is 23.5 Å². The predicted octanol–water partition coefficient (Wildman–Crippen LogP) is -0.574. The summed E-state index contributed by atoms with van der Waals surface area (Å²) in [5.41, 5.74) is -1.18. The predicted molar refractivity (Wildman–Crippen MR) is 68.4 cm³/mol. The fourth-order valence-corrected chi connectivity index (χ4v) is 1.32. The van der Waals surface area contributed by atoms with Gasteiger partial charge in [0.05, 0.1) is 19.8 Å². The van der Waals surface area contributed by atoms with Crippen molar-refractivity contribution in [3.8, 4) is 0 Å². The Balaban J connectivity index is 2.77. The highest BCUT2D eigenvalue weighted by molar-refractivity contribution is 5.48. The lowest BCUT2D eigenvalue weighted by atomic mass is 10.0. The van der Waals surface area contributed by atoms with E-state index in [1.807, 2.05) is 6.92 Å². The molecule has 7 heteroatoms. The van der Waals surface area contributed by atoms with Crippen LogP contribution in [0.3, 0.4) is 0 Å². The van der Waals surface area contributed by atoms with Gasteiger partial charge in [-0.15, -0.1) is 0 Å². The molecule has 0 aromatic carbocycles.